The summed E-state index contributed by atoms with van der Waals surface area (Å²) in [5.74, 6) is -1.72. The van der Waals surface area contributed by atoms with E-state index in [2.05, 4.69) is 31.9 Å². The van der Waals surface area contributed by atoms with Crippen molar-refractivity contribution in [1.29, 1.82) is 0 Å². The van der Waals surface area contributed by atoms with Gasteiger partial charge in [-0.2, -0.15) is 0 Å². The van der Waals surface area contributed by atoms with E-state index in [1.54, 1.807) is 6.07 Å². The van der Waals surface area contributed by atoms with E-state index in [1.807, 2.05) is 19.1 Å². The highest BCUT2D eigenvalue weighted by Crippen LogP contribution is 2.20. The number of rotatable bonds is 5. The second-order valence-corrected chi connectivity index (χ2v) is 4.85. The molecule has 3 amide bonds. The Morgan fingerprint density at radius 1 is 1.20 bits per heavy atom. The van der Waals surface area contributed by atoms with Gasteiger partial charge in [0.1, 0.15) is 6.54 Å². The molecule has 0 unspecified atom stereocenters. The number of carboxylic acids is 1. The number of hydrogen-bond acceptors (Lipinski definition) is 3. The number of benzene rings is 1. The van der Waals surface area contributed by atoms with Gasteiger partial charge in [-0.25, -0.2) is 4.79 Å². The van der Waals surface area contributed by atoms with Crippen molar-refractivity contribution in [3.05, 3.63) is 28.2 Å². The topological polar surface area (TPSA) is 108 Å². The molecular formula is C12H14BrN3O4. The fourth-order valence-corrected chi connectivity index (χ4v) is 1.65. The van der Waals surface area contributed by atoms with Crippen LogP contribution in [0.4, 0.5) is 10.5 Å². The highest BCUT2D eigenvalue weighted by Gasteiger charge is 2.08. The first-order valence-electron chi connectivity index (χ1n) is 5.68. The maximum atomic E-state index is 11.6. The van der Waals surface area contributed by atoms with Crippen molar-refractivity contribution in [2.24, 2.45) is 0 Å². The summed E-state index contributed by atoms with van der Waals surface area (Å²) in [6.45, 7) is 1.06. The van der Waals surface area contributed by atoms with Gasteiger partial charge in [-0.05, 0) is 24.6 Å². The lowest BCUT2D eigenvalue weighted by Crippen LogP contribution is -2.40. The SMILES string of the molecule is Cc1ccc(Br)cc1NC(=O)NCC(=O)NCC(=O)O. The molecule has 0 atom stereocenters. The number of amides is 3. The number of carbonyl (C=O) groups is 3. The van der Waals surface area contributed by atoms with E-state index in [-0.39, 0.29) is 6.54 Å². The van der Waals surface area contributed by atoms with Crippen molar-refractivity contribution in [1.82, 2.24) is 10.6 Å². The zero-order chi connectivity index (χ0) is 15.1. The van der Waals surface area contributed by atoms with Gasteiger partial charge in [0.25, 0.3) is 0 Å². The number of nitrogens with one attached hydrogen (secondary N) is 3. The molecule has 4 N–H and O–H groups in total. The molecule has 0 spiro atoms. The van der Waals surface area contributed by atoms with Crippen molar-refractivity contribution >= 4 is 39.5 Å². The minimum atomic E-state index is -1.15. The van der Waals surface area contributed by atoms with E-state index in [1.165, 1.54) is 0 Å². The number of carboxylic acid groups (broad SMARTS) is 1. The minimum absolute atomic E-state index is 0.299. The molecule has 1 rings (SSSR count). The zero-order valence-corrected chi connectivity index (χ0v) is 12.3. The zero-order valence-electron chi connectivity index (χ0n) is 10.7. The molecule has 1 aromatic rings. The maximum Gasteiger partial charge on any atom is 0.322 e. The smallest absolute Gasteiger partial charge is 0.322 e. The molecule has 108 valence electrons. The largest absolute Gasteiger partial charge is 0.480 e. The number of aryl methyl sites for hydroxylation is 1. The second-order valence-electron chi connectivity index (χ2n) is 3.94. The number of urea groups is 1. The summed E-state index contributed by atoms with van der Waals surface area (Å²) < 4.78 is 0.817. The van der Waals surface area contributed by atoms with E-state index >= 15 is 0 Å². The van der Waals surface area contributed by atoms with Crippen LogP contribution in [0.1, 0.15) is 5.56 Å². The van der Waals surface area contributed by atoms with E-state index in [9.17, 15) is 14.4 Å². The monoisotopic (exact) mass is 343 g/mol. The maximum absolute atomic E-state index is 11.6. The van der Waals surface area contributed by atoms with Crippen LogP contribution in [0.2, 0.25) is 0 Å². The molecule has 20 heavy (non-hydrogen) atoms. The predicted octanol–water partition coefficient (Wildman–Crippen LogP) is 1.08. The Labute approximate surface area is 123 Å². The van der Waals surface area contributed by atoms with Crippen molar-refractivity contribution in [2.45, 2.75) is 6.92 Å². The van der Waals surface area contributed by atoms with Gasteiger partial charge in [-0.15, -0.1) is 0 Å². The lowest BCUT2D eigenvalue weighted by molar-refractivity contribution is -0.137. The highest BCUT2D eigenvalue weighted by molar-refractivity contribution is 9.10. The molecule has 8 heteroatoms. The van der Waals surface area contributed by atoms with E-state index < -0.39 is 24.5 Å². The molecule has 0 radical (unpaired) electrons. The Bertz CT molecular complexity index is 533. The lowest BCUT2D eigenvalue weighted by Gasteiger charge is -2.10. The second kappa shape index (κ2) is 7.49. The highest BCUT2D eigenvalue weighted by atomic mass is 79.9. The first-order chi connectivity index (χ1) is 9.38. The molecule has 0 aliphatic heterocycles. The molecule has 1 aromatic carbocycles. The van der Waals surface area contributed by atoms with Gasteiger partial charge in [-0.1, -0.05) is 22.0 Å². The van der Waals surface area contributed by atoms with Crippen LogP contribution >= 0.6 is 15.9 Å². The molecule has 0 fully saturated rings. The summed E-state index contributed by atoms with van der Waals surface area (Å²) in [5, 5.41) is 15.4. The predicted molar refractivity (Wildman–Crippen MR) is 76.5 cm³/mol. The Hall–Kier alpha value is -2.09. The molecule has 7 nitrogen and oxygen atoms in total. The van der Waals surface area contributed by atoms with Crippen LogP contribution in [-0.2, 0) is 9.59 Å². The Morgan fingerprint density at radius 2 is 1.90 bits per heavy atom. The third kappa shape index (κ3) is 5.70. The summed E-state index contributed by atoms with van der Waals surface area (Å²) in [6, 6.07) is 4.87. The molecule has 0 saturated heterocycles. The fraction of sp³-hybridized carbons (Fsp3) is 0.250. The van der Waals surface area contributed by atoms with Crippen LogP contribution in [0.25, 0.3) is 0 Å². The molecule has 0 aliphatic carbocycles. The van der Waals surface area contributed by atoms with Crippen LogP contribution in [0.15, 0.2) is 22.7 Å². The molecule has 0 saturated carbocycles. The fourth-order valence-electron chi connectivity index (χ4n) is 1.29. The molecule has 0 bridgehead atoms. The Morgan fingerprint density at radius 3 is 2.55 bits per heavy atom. The third-order valence-corrected chi connectivity index (χ3v) is 2.79. The van der Waals surface area contributed by atoms with Gasteiger partial charge in [0.05, 0.1) is 6.54 Å². The van der Waals surface area contributed by atoms with Crippen LogP contribution in [-0.4, -0.2) is 36.1 Å². The first kappa shape index (κ1) is 16.0. The summed E-state index contributed by atoms with van der Waals surface area (Å²) in [7, 11) is 0. The van der Waals surface area contributed by atoms with Crippen LogP contribution < -0.4 is 16.0 Å². The number of anilines is 1. The number of aliphatic carboxylic acids is 1. The van der Waals surface area contributed by atoms with Gasteiger partial charge in [0.15, 0.2) is 0 Å². The Balaban J connectivity index is 2.42. The minimum Gasteiger partial charge on any atom is -0.480 e. The summed E-state index contributed by atoms with van der Waals surface area (Å²) in [6.07, 6.45) is 0. The van der Waals surface area contributed by atoms with Crippen LogP contribution in [0.3, 0.4) is 0 Å². The number of carbonyl (C=O) groups excluding carboxylic acids is 2. The summed E-state index contributed by atoms with van der Waals surface area (Å²) in [5.41, 5.74) is 1.49. The molecule has 0 aromatic heterocycles. The van der Waals surface area contributed by atoms with E-state index in [0.717, 1.165) is 10.0 Å². The van der Waals surface area contributed by atoms with Crippen molar-refractivity contribution in [2.75, 3.05) is 18.4 Å². The number of halogens is 1. The quantitative estimate of drug-likeness (QED) is 0.641. The number of hydrogen-bond donors (Lipinski definition) is 4. The van der Waals surface area contributed by atoms with Gasteiger partial charge in [0.2, 0.25) is 5.91 Å². The first-order valence-corrected chi connectivity index (χ1v) is 6.47. The van der Waals surface area contributed by atoms with Gasteiger partial charge < -0.3 is 21.1 Å². The third-order valence-electron chi connectivity index (χ3n) is 2.29. The molecule has 0 aliphatic rings. The molecule has 0 heterocycles. The van der Waals surface area contributed by atoms with Crippen molar-refractivity contribution < 1.29 is 19.5 Å². The standard InChI is InChI=1S/C12H14BrN3O4/c1-7-2-3-8(13)4-9(7)16-12(20)15-5-10(17)14-6-11(18)19/h2-4H,5-6H2,1H3,(H,14,17)(H,18,19)(H2,15,16,20). The van der Waals surface area contributed by atoms with E-state index in [0.29, 0.717) is 5.69 Å². The lowest BCUT2D eigenvalue weighted by atomic mass is 10.2. The Kier molecular flexibility index (Phi) is 5.98. The summed E-state index contributed by atoms with van der Waals surface area (Å²) >= 11 is 3.29. The van der Waals surface area contributed by atoms with Crippen LogP contribution in [0.5, 0.6) is 0 Å². The summed E-state index contributed by atoms with van der Waals surface area (Å²) in [4.78, 5) is 33.0. The normalized spacial score (nSPS) is 9.70. The van der Waals surface area contributed by atoms with Crippen molar-refractivity contribution in [3.8, 4) is 0 Å². The van der Waals surface area contributed by atoms with Gasteiger partial charge >= 0.3 is 12.0 Å². The van der Waals surface area contributed by atoms with E-state index in [4.69, 9.17) is 5.11 Å². The van der Waals surface area contributed by atoms with Gasteiger partial charge in [-0.3, -0.25) is 9.59 Å². The average Bonchev–Trinajstić information content (AvgIpc) is 2.38. The average molecular weight is 344 g/mol. The van der Waals surface area contributed by atoms with Gasteiger partial charge in [0, 0.05) is 10.2 Å². The molecular weight excluding hydrogens is 330 g/mol. The van der Waals surface area contributed by atoms with Crippen LogP contribution in [0, 0.1) is 6.92 Å². The van der Waals surface area contributed by atoms with Crippen molar-refractivity contribution in [3.63, 3.8) is 0 Å².